The Morgan fingerprint density at radius 3 is 3.11 bits per heavy atom. The van der Waals surface area contributed by atoms with Crippen LogP contribution in [0.2, 0.25) is 5.02 Å². The first-order chi connectivity index (χ1) is 8.72. The molecule has 0 spiro atoms. The fourth-order valence-electron chi connectivity index (χ4n) is 1.42. The zero-order chi connectivity index (χ0) is 13.0. The van der Waals surface area contributed by atoms with E-state index in [0.717, 1.165) is 24.4 Å². The van der Waals surface area contributed by atoms with E-state index in [1.54, 1.807) is 18.3 Å². The Balaban J connectivity index is 2.17. The molecule has 2 aromatic rings. The van der Waals surface area contributed by atoms with Crippen LogP contribution in [0.25, 0.3) is 0 Å². The summed E-state index contributed by atoms with van der Waals surface area (Å²) >= 11 is 7.00. The van der Waals surface area contributed by atoms with Crippen LogP contribution in [0.5, 0.6) is 0 Å². The molecule has 0 atom stereocenters. The van der Waals surface area contributed by atoms with Gasteiger partial charge in [0.25, 0.3) is 5.91 Å². The van der Waals surface area contributed by atoms with Gasteiger partial charge in [-0.3, -0.25) is 4.79 Å². The highest BCUT2D eigenvalue weighted by Crippen LogP contribution is 2.20. The maximum atomic E-state index is 12.0. The fraction of sp³-hybridized carbons (Fsp3) is 0.273. The van der Waals surface area contributed by atoms with Gasteiger partial charge in [0.15, 0.2) is 5.82 Å². The van der Waals surface area contributed by atoms with Crippen molar-refractivity contribution in [2.24, 2.45) is 0 Å². The molecule has 0 aromatic carbocycles. The number of anilines is 1. The quantitative estimate of drug-likeness (QED) is 0.936. The molecule has 0 radical (unpaired) electrons. The number of carbonyl (C=O) groups excluding carboxylic acids is 1. The highest BCUT2D eigenvalue weighted by atomic mass is 35.5. The van der Waals surface area contributed by atoms with Crippen LogP contribution in [-0.2, 0) is 6.42 Å². The zero-order valence-electron chi connectivity index (χ0n) is 9.68. The lowest BCUT2D eigenvalue weighted by atomic mass is 10.2. The molecule has 2 aromatic heterocycles. The van der Waals surface area contributed by atoms with Crippen molar-refractivity contribution in [3.05, 3.63) is 33.9 Å². The van der Waals surface area contributed by atoms with E-state index >= 15 is 0 Å². The zero-order valence-corrected chi connectivity index (χ0v) is 11.3. The summed E-state index contributed by atoms with van der Waals surface area (Å²) in [4.78, 5) is 16.6. The maximum Gasteiger partial charge on any atom is 0.270 e. The van der Waals surface area contributed by atoms with Crippen LogP contribution >= 0.6 is 23.1 Å². The van der Waals surface area contributed by atoms with Gasteiger partial charge in [-0.2, -0.15) is 0 Å². The third-order valence-electron chi connectivity index (χ3n) is 2.24. The molecule has 1 amide bonds. The Labute approximate surface area is 113 Å². The van der Waals surface area contributed by atoms with Crippen molar-refractivity contribution in [2.45, 2.75) is 19.8 Å². The van der Waals surface area contributed by atoms with Gasteiger partial charge in [0, 0.05) is 6.20 Å². The van der Waals surface area contributed by atoms with Crippen molar-refractivity contribution in [1.82, 2.24) is 14.6 Å². The van der Waals surface area contributed by atoms with Crippen molar-refractivity contribution >= 4 is 34.9 Å². The van der Waals surface area contributed by atoms with E-state index < -0.39 is 0 Å². The van der Waals surface area contributed by atoms with Gasteiger partial charge in [0.2, 0.25) is 0 Å². The SMILES string of the molecule is CCCc1nnsc1C(=O)Nc1ncccc1Cl. The number of rotatable bonds is 4. The van der Waals surface area contributed by atoms with Crippen LogP contribution in [0, 0.1) is 0 Å². The first kappa shape index (κ1) is 12.9. The summed E-state index contributed by atoms with van der Waals surface area (Å²) in [6.07, 6.45) is 3.21. The molecule has 2 rings (SSSR count). The first-order valence-electron chi connectivity index (χ1n) is 5.45. The van der Waals surface area contributed by atoms with Gasteiger partial charge in [-0.25, -0.2) is 4.98 Å². The minimum atomic E-state index is -0.269. The normalized spacial score (nSPS) is 10.3. The molecule has 18 heavy (non-hydrogen) atoms. The number of aryl methyl sites for hydroxylation is 1. The summed E-state index contributed by atoms with van der Waals surface area (Å²) in [7, 11) is 0. The number of pyridine rings is 1. The Kier molecular flexibility index (Phi) is 4.22. The van der Waals surface area contributed by atoms with Gasteiger partial charge in [-0.05, 0) is 30.1 Å². The Hall–Kier alpha value is -1.53. The summed E-state index contributed by atoms with van der Waals surface area (Å²) in [5.74, 6) is 0.0778. The van der Waals surface area contributed by atoms with E-state index in [-0.39, 0.29) is 5.91 Å². The molecule has 1 N–H and O–H groups in total. The maximum absolute atomic E-state index is 12.0. The molecular formula is C11H11ClN4OS. The Morgan fingerprint density at radius 2 is 2.39 bits per heavy atom. The number of nitrogens with one attached hydrogen (secondary N) is 1. The average molecular weight is 283 g/mol. The summed E-state index contributed by atoms with van der Waals surface area (Å²) in [6.45, 7) is 2.02. The minimum Gasteiger partial charge on any atom is -0.305 e. The van der Waals surface area contributed by atoms with Crippen LogP contribution in [-0.4, -0.2) is 20.5 Å². The number of halogens is 1. The molecule has 0 unspecified atom stereocenters. The van der Waals surface area contributed by atoms with E-state index in [4.69, 9.17) is 11.6 Å². The molecule has 2 heterocycles. The minimum absolute atomic E-state index is 0.269. The molecular weight excluding hydrogens is 272 g/mol. The molecule has 0 bridgehead atoms. The highest BCUT2D eigenvalue weighted by Gasteiger charge is 2.17. The van der Waals surface area contributed by atoms with Gasteiger partial charge >= 0.3 is 0 Å². The second-order valence-electron chi connectivity index (χ2n) is 3.59. The molecule has 0 saturated heterocycles. The lowest BCUT2D eigenvalue weighted by molar-refractivity contribution is 0.102. The molecule has 7 heteroatoms. The van der Waals surface area contributed by atoms with Crippen molar-refractivity contribution in [2.75, 3.05) is 5.32 Å². The van der Waals surface area contributed by atoms with Crippen LogP contribution in [0.3, 0.4) is 0 Å². The summed E-state index contributed by atoms with van der Waals surface area (Å²) in [5.41, 5.74) is 0.715. The molecule has 0 aliphatic carbocycles. The largest absolute Gasteiger partial charge is 0.305 e. The first-order valence-corrected chi connectivity index (χ1v) is 6.60. The molecule has 0 aliphatic rings. The molecule has 0 saturated carbocycles. The van der Waals surface area contributed by atoms with Crippen LogP contribution < -0.4 is 5.32 Å². The Morgan fingerprint density at radius 1 is 1.56 bits per heavy atom. The Bertz CT molecular complexity index is 557. The van der Waals surface area contributed by atoms with Gasteiger partial charge in [0.05, 0.1) is 10.7 Å². The van der Waals surface area contributed by atoms with E-state index in [0.29, 0.717) is 21.4 Å². The predicted octanol–water partition coefficient (Wildman–Crippen LogP) is 2.79. The van der Waals surface area contributed by atoms with Crippen molar-refractivity contribution < 1.29 is 4.79 Å². The third-order valence-corrected chi connectivity index (χ3v) is 3.31. The molecule has 0 aliphatic heterocycles. The lowest BCUT2D eigenvalue weighted by Gasteiger charge is -2.04. The number of hydrogen-bond donors (Lipinski definition) is 1. The topological polar surface area (TPSA) is 67.8 Å². The number of aromatic nitrogens is 3. The molecule has 0 fully saturated rings. The number of carbonyl (C=O) groups is 1. The van der Waals surface area contributed by atoms with Crippen molar-refractivity contribution in [1.29, 1.82) is 0 Å². The highest BCUT2D eigenvalue weighted by molar-refractivity contribution is 7.08. The van der Waals surface area contributed by atoms with Gasteiger partial charge < -0.3 is 5.32 Å². The van der Waals surface area contributed by atoms with Crippen LogP contribution in [0.15, 0.2) is 18.3 Å². The van der Waals surface area contributed by atoms with Crippen molar-refractivity contribution in [3.8, 4) is 0 Å². The van der Waals surface area contributed by atoms with E-state index in [2.05, 4.69) is 19.9 Å². The van der Waals surface area contributed by atoms with E-state index in [1.165, 1.54) is 0 Å². The molecule has 94 valence electrons. The second kappa shape index (κ2) is 5.88. The number of nitrogens with zero attached hydrogens (tertiary/aromatic N) is 3. The predicted molar refractivity (Wildman–Crippen MR) is 71.1 cm³/mol. The summed E-state index contributed by atoms with van der Waals surface area (Å²) < 4.78 is 3.80. The standard InChI is InChI=1S/C11H11ClN4OS/c1-2-4-8-9(18-16-15-8)11(17)14-10-7(12)5-3-6-13-10/h3,5-6H,2,4H2,1H3,(H,13,14,17). The van der Waals surface area contributed by atoms with Crippen LogP contribution in [0.4, 0.5) is 5.82 Å². The smallest absolute Gasteiger partial charge is 0.270 e. The lowest BCUT2D eigenvalue weighted by Crippen LogP contribution is -2.13. The van der Waals surface area contributed by atoms with Gasteiger partial charge in [0.1, 0.15) is 4.88 Å². The van der Waals surface area contributed by atoms with Gasteiger partial charge in [-0.15, -0.1) is 5.10 Å². The van der Waals surface area contributed by atoms with Gasteiger partial charge in [-0.1, -0.05) is 29.4 Å². The summed E-state index contributed by atoms with van der Waals surface area (Å²) in [5, 5.41) is 7.01. The number of hydrogen-bond acceptors (Lipinski definition) is 5. The van der Waals surface area contributed by atoms with Crippen LogP contribution in [0.1, 0.15) is 28.7 Å². The average Bonchev–Trinajstić information content (AvgIpc) is 2.81. The monoisotopic (exact) mass is 282 g/mol. The van der Waals surface area contributed by atoms with Crippen molar-refractivity contribution in [3.63, 3.8) is 0 Å². The molecule has 5 nitrogen and oxygen atoms in total. The third kappa shape index (κ3) is 2.83. The second-order valence-corrected chi connectivity index (χ2v) is 4.75. The van der Waals surface area contributed by atoms with E-state index in [9.17, 15) is 4.79 Å². The van der Waals surface area contributed by atoms with E-state index in [1.807, 2.05) is 6.92 Å². The number of amides is 1. The summed E-state index contributed by atoms with van der Waals surface area (Å²) in [6, 6.07) is 3.37. The fourth-order valence-corrected chi connectivity index (χ4v) is 2.20.